The van der Waals surface area contributed by atoms with E-state index in [-0.39, 0.29) is 29.1 Å². The van der Waals surface area contributed by atoms with E-state index in [0.717, 1.165) is 4.31 Å². The van der Waals surface area contributed by atoms with Gasteiger partial charge in [-0.15, -0.1) is 0 Å². The Kier molecular flexibility index (Phi) is 5.76. The minimum Gasteiger partial charge on any atom is -0.468 e. The van der Waals surface area contributed by atoms with Crippen LogP contribution in [0.3, 0.4) is 0 Å². The summed E-state index contributed by atoms with van der Waals surface area (Å²) < 4.78 is 33.7. The van der Waals surface area contributed by atoms with Crippen molar-refractivity contribution in [3.63, 3.8) is 0 Å². The number of hydrogen-bond acceptors (Lipinski definition) is 6. The molecule has 3 rings (SSSR count). The largest absolute Gasteiger partial charge is 0.468 e. The molecular weight excluding hydrogens is 396 g/mol. The number of carbonyl (C=O) groups excluding carboxylic acids is 2. The van der Waals surface area contributed by atoms with E-state index in [4.69, 9.17) is 0 Å². The molecule has 156 valence electrons. The van der Waals surface area contributed by atoms with Crippen molar-refractivity contribution < 1.29 is 22.7 Å². The zero-order chi connectivity index (χ0) is 21.3. The molecule has 1 aliphatic rings. The van der Waals surface area contributed by atoms with Crippen molar-refractivity contribution in [1.82, 2.24) is 18.8 Å². The summed E-state index contributed by atoms with van der Waals surface area (Å²) >= 11 is 0. The number of aromatic nitrogens is 2. The average Bonchev–Trinajstić information content (AvgIpc) is 3.07. The molecule has 0 unspecified atom stereocenters. The molecule has 0 saturated heterocycles. The molecule has 0 atom stereocenters. The SMILES string of the molecule is CCN(C(=O)c1ncn2c1CN(CC(=O)OC)S(=O)(=O)c1ccccc1-2)C(C)C. The van der Waals surface area contributed by atoms with Gasteiger partial charge in [-0.1, -0.05) is 12.1 Å². The topological polar surface area (TPSA) is 102 Å². The Hall–Kier alpha value is -2.72. The molecule has 2 aromatic rings. The number of amides is 1. The Morgan fingerprint density at radius 1 is 1.28 bits per heavy atom. The molecule has 0 spiro atoms. The number of esters is 1. The highest BCUT2D eigenvalue weighted by atomic mass is 32.2. The second-order valence-electron chi connectivity index (χ2n) is 6.91. The quantitative estimate of drug-likeness (QED) is 0.678. The van der Waals surface area contributed by atoms with Crippen molar-refractivity contribution >= 4 is 21.9 Å². The molecule has 1 aromatic carbocycles. The zero-order valence-corrected chi connectivity index (χ0v) is 17.6. The van der Waals surface area contributed by atoms with E-state index in [9.17, 15) is 18.0 Å². The van der Waals surface area contributed by atoms with Gasteiger partial charge >= 0.3 is 5.97 Å². The predicted octanol–water partition coefficient (Wildman–Crippen LogP) is 1.42. The molecule has 0 bridgehead atoms. The summed E-state index contributed by atoms with van der Waals surface area (Å²) in [5, 5.41) is 0. The Bertz CT molecular complexity index is 1040. The monoisotopic (exact) mass is 420 g/mol. The van der Waals surface area contributed by atoms with Crippen LogP contribution in [0.2, 0.25) is 0 Å². The third-order valence-corrected chi connectivity index (χ3v) is 6.73. The second kappa shape index (κ2) is 7.96. The normalized spacial score (nSPS) is 15.3. The highest BCUT2D eigenvalue weighted by molar-refractivity contribution is 7.89. The number of nitrogens with zero attached hydrogens (tertiary/aromatic N) is 4. The van der Waals surface area contributed by atoms with Crippen molar-refractivity contribution in [2.75, 3.05) is 20.2 Å². The van der Waals surface area contributed by atoms with Crippen LogP contribution in [0.5, 0.6) is 0 Å². The van der Waals surface area contributed by atoms with Gasteiger partial charge in [-0.3, -0.25) is 14.2 Å². The van der Waals surface area contributed by atoms with E-state index in [1.165, 1.54) is 19.5 Å². The summed E-state index contributed by atoms with van der Waals surface area (Å²) in [4.78, 5) is 31.0. The molecule has 1 aromatic heterocycles. The maximum Gasteiger partial charge on any atom is 0.321 e. The summed E-state index contributed by atoms with van der Waals surface area (Å²) in [7, 11) is -2.79. The molecule has 0 aliphatic carbocycles. The van der Waals surface area contributed by atoms with Gasteiger partial charge in [0.25, 0.3) is 5.91 Å². The number of para-hydroxylation sites is 1. The van der Waals surface area contributed by atoms with E-state index in [0.29, 0.717) is 17.9 Å². The highest BCUT2D eigenvalue weighted by Gasteiger charge is 2.36. The van der Waals surface area contributed by atoms with Gasteiger partial charge in [0.15, 0.2) is 5.69 Å². The molecule has 1 aliphatic heterocycles. The molecule has 0 radical (unpaired) electrons. The lowest BCUT2D eigenvalue weighted by Crippen LogP contribution is -2.38. The molecule has 10 heteroatoms. The number of methoxy groups -OCH3 is 1. The maximum atomic E-state index is 13.2. The zero-order valence-electron chi connectivity index (χ0n) is 16.8. The van der Waals surface area contributed by atoms with Gasteiger partial charge < -0.3 is 9.64 Å². The smallest absolute Gasteiger partial charge is 0.321 e. The van der Waals surface area contributed by atoms with Crippen molar-refractivity contribution in [2.24, 2.45) is 0 Å². The lowest BCUT2D eigenvalue weighted by atomic mass is 10.2. The van der Waals surface area contributed by atoms with Crippen molar-refractivity contribution in [2.45, 2.75) is 38.3 Å². The number of carbonyl (C=O) groups is 2. The first-order chi connectivity index (χ1) is 13.7. The molecule has 29 heavy (non-hydrogen) atoms. The minimum atomic E-state index is -3.99. The minimum absolute atomic E-state index is 0.0373. The average molecular weight is 420 g/mol. The van der Waals surface area contributed by atoms with Gasteiger partial charge in [-0.25, -0.2) is 13.4 Å². The van der Waals surface area contributed by atoms with Gasteiger partial charge in [0.1, 0.15) is 17.8 Å². The summed E-state index contributed by atoms with van der Waals surface area (Å²) in [5.41, 5.74) is 0.961. The third kappa shape index (κ3) is 3.65. The van der Waals surface area contributed by atoms with Crippen LogP contribution in [0.25, 0.3) is 5.69 Å². The van der Waals surface area contributed by atoms with E-state index in [2.05, 4.69) is 9.72 Å². The fourth-order valence-electron chi connectivity index (χ4n) is 3.41. The van der Waals surface area contributed by atoms with Crippen LogP contribution in [-0.2, 0) is 26.1 Å². The van der Waals surface area contributed by atoms with Gasteiger partial charge in [0.05, 0.1) is 25.0 Å². The first-order valence-electron chi connectivity index (χ1n) is 9.25. The van der Waals surface area contributed by atoms with Crippen LogP contribution in [0.1, 0.15) is 37.0 Å². The van der Waals surface area contributed by atoms with Crippen LogP contribution in [0.4, 0.5) is 0 Å². The number of fused-ring (bicyclic) bond motifs is 3. The number of rotatable bonds is 5. The fourth-order valence-corrected chi connectivity index (χ4v) is 4.93. The molecule has 0 saturated carbocycles. The van der Waals surface area contributed by atoms with Gasteiger partial charge in [0.2, 0.25) is 10.0 Å². The Balaban J connectivity index is 2.20. The van der Waals surface area contributed by atoms with Crippen LogP contribution in [0.15, 0.2) is 35.5 Å². The van der Waals surface area contributed by atoms with Crippen LogP contribution in [-0.4, -0.2) is 65.3 Å². The first-order valence-corrected chi connectivity index (χ1v) is 10.7. The standard InChI is InChI=1S/C19H24N4O5S/c1-5-22(13(2)3)19(25)18-15-10-21(11-17(24)28-4)29(26,27)16-9-7-6-8-14(16)23(15)12-20-18/h6-9,12-13H,5,10-11H2,1-4H3. The molecule has 0 fully saturated rings. The predicted molar refractivity (Wildman–Crippen MR) is 105 cm³/mol. The molecular formula is C19H24N4O5S. The molecule has 2 heterocycles. The van der Waals surface area contributed by atoms with E-state index >= 15 is 0 Å². The Morgan fingerprint density at radius 2 is 1.97 bits per heavy atom. The lowest BCUT2D eigenvalue weighted by molar-refractivity contribution is -0.140. The summed E-state index contributed by atoms with van der Waals surface area (Å²) in [6, 6.07) is 6.39. The van der Waals surface area contributed by atoms with Crippen LogP contribution >= 0.6 is 0 Å². The number of sulfonamides is 1. The molecule has 0 N–H and O–H groups in total. The summed E-state index contributed by atoms with van der Waals surface area (Å²) in [6.07, 6.45) is 1.45. The third-order valence-electron chi connectivity index (χ3n) is 4.90. The number of benzene rings is 1. The highest BCUT2D eigenvalue weighted by Crippen LogP contribution is 2.31. The van der Waals surface area contributed by atoms with Gasteiger partial charge in [0, 0.05) is 12.6 Å². The first kappa shape index (κ1) is 21.0. The van der Waals surface area contributed by atoms with E-state index in [1.807, 2.05) is 20.8 Å². The van der Waals surface area contributed by atoms with Crippen molar-refractivity contribution in [3.05, 3.63) is 42.0 Å². The van der Waals surface area contributed by atoms with Gasteiger partial charge in [-0.2, -0.15) is 4.31 Å². The van der Waals surface area contributed by atoms with E-state index in [1.54, 1.807) is 27.7 Å². The van der Waals surface area contributed by atoms with E-state index < -0.39 is 22.5 Å². The number of imidazole rings is 1. The number of hydrogen-bond donors (Lipinski definition) is 0. The fraction of sp³-hybridized carbons (Fsp3) is 0.421. The Labute approximate surface area is 169 Å². The Morgan fingerprint density at radius 3 is 2.59 bits per heavy atom. The lowest BCUT2D eigenvalue weighted by Gasteiger charge is -2.25. The second-order valence-corrected chi connectivity index (χ2v) is 8.82. The van der Waals surface area contributed by atoms with Crippen molar-refractivity contribution in [3.8, 4) is 5.69 Å². The summed E-state index contributed by atoms with van der Waals surface area (Å²) in [5.74, 6) is -0.977. The van der Waals surface area contributed by atoms with Crippen molar-refractivity contribution in [1.29, 1.82) is 0 Å². The maximum absolute atomic E-state index is 13.2. The number of ether oxygens (including phenoxy) is 1. The molecule has 1 amide bonds. The summed E-state index contributed by atoms with van der Waals surface area (Å²) in [6.45, 7) is 5.52. The van der Waals surface area contributed by atoms with Crippen LogP contribution in [0, 0.1) is 0 Å². The van der Waals surface area contributed by atoms with Crippen LogP contribution < -0.4 is 0 Å². The van der Waals surface area contributed by atoms with Gasteiger partial charge in [-0.05, 0) is 32.9 Å². The molecule has 9 nitrogen and oxygen atoms in total.